The number of benzene rings is 2. The number of imide groups is 2. The van der Waals surface area contributed by atoms with E-state index in [9.17, 15) is 38.4 Å². The summed E-state index contributed by atoms with van der Waals surface area (Å²) in [6, 6.07) is 14.1. The number of amides is 5. The Labute approximate surface area is 419 Å². The quantitative estimate of drug-likeness (QED) is 0.0549. The molecule has 4 rings (SSSR count). The summed E-state index contributed by atoms with van der Waals surface area (Å²) in [7, 11) is 0. The van der Waals surface area contributed by atoms with Gasteiger partial charge in [0.1, 0.15) is 11.5 Å². The fourth-order valence-electron chi connectivity index (χ4n) is 6.49. The Kier molecular flexibility index (Phi) is 29.3. The molecule has 22 heteroatoms. The van der Waals surface area contributed by atoms with Gasteiger partial charge in [0.25, 0.3) is 23.6 Å². The average molecular weight is 1010 g/mol. The van der Waals surface area contributed by atoms with Gasteiger partial charge in [-0.05, 0) is 61.4 Å². The van der Waals surface area contributed by atoms with Crippen molar-refractivity contribution >= 4 is 52.8 Å². The lowest BCUT2D eigenvalue weighted by atomic mass is 10.0. The lowest BCUT2D eigenvalue weighted by Crippen LogP contribution is -2.32. The first-order chi connectivity index (χ1) is 35.1. The highest BCUT2D eigenvalue weighted by Crippen LogP contribution is 2.18. The van der Waals surface area contributed by atoms with Crippen LogP contribution in [0.3, 0.4) is 0 Å². The van der Waals surface area contributed by atoms with Gasteiger partial charge in [0.05, 0.1) is 112 Å². The number of carbonyl (C=O) groups is 8. The van der Waals surface area contributed by atoms with Gasteiger partial charge < -0.3 is 58.1 Å². The van der Waals surface area contributed by atoms with Gasteiger partial charge in [-0.3, -0.25) is 38.5 Å². The minimum atomic E-state index is -0.715. The molecular formula is C50H68N4O18. The number of hydrogen-bond acceptors (Lipinski definition) is 19. The van der Waals surface area contributed by atoms with Crippen molar-refractivity contribution in [3.8, 4) is 5.75 Å². The van der Waals surface area contributed by atoms with Crippen LogP contribution in [0.5, 0.6) is 5.75 Å². The molecule has 5 amide bonds. The number of Topliss-reactive ketones (excluding diaryl/α,β-unsaturated/α-hetero) is 1. The van der Waals surface area contributed by atoms with Crippen LogP contribution in [-0.2, 0) is 76.3 Å². The summed E-state index contributed by atoms with van der Waals surface area (Å²) in [5.74, 6) is -2.18. The van der Waals surface area contributed by atoms with Gasteiger partial charge in [-0.25, -0.2) is 4.79 Å². The van der Waals surface area contributed by atoms with E-state index >= 15 is 0 Å². The van der Waals surface area contributed by atoms with Gasteiger partial charge in [-0.2, -0.15) is 0 Å². The molecule has 2 aliphatic heterocycles. The fraction of sp³-hybridized carbons (Fsp3) is 0.560. The number of hydroxylamine groups is 2. The number of rotatable bonds is 43. The molecule has 0 aliphatic carbocycles. The molecule has 2 heterocycles. The van der Waals surface area contributed by atoms with Crippen molar-refractivity contribution in [1.82, 2.24) is 15.3 Å². The molecule has 1 saturated heterocycles. The van der Waals surface area contributed by atoms with Crippen LogP contribution in [0.25, 0.3) is 0 Å². The highest BCUT2D eigenvalue weighted by Gasteiger charge is 2.32. The minimum absolute atomic E-state index is 0.0266. The Morgan fingerprint density at radius 1 is 0.486 bits per heavy atom. The summed E-state index contributed by atoms with van der Waals surface area (Å²) < 4.78 is 49.5. The molecule has 2 aliphatic rings. The number of carbonyl (C=O) groups excluding carboxylic acids is 8. The van der Waals surface area contributed by atoms with Crippen molar-refractivity contribution in [2.75, 3.05) is 137 Å². The van der Waals surface area contributed by atoms with Crippen LogP contribution >= 0.6 is 0 Å². The van der Waals surface area contributed by atoms with E-state index in [1.807, 2.05) is 12.1 Å². The van der Waals surface area contributed by atoms with Crippen molar-refractivity contribution in [3.05, 3.63) is 71.8 Å². The summed E-state index contributed by atoms with van der Waals surface area (Å²) in [4.78, 5) is 101. The van der Waals surface area contributed by atoms with E-state index in [0.717, 1.165) is 10.6 Å². The predicted molar refractivity (Wildman–Crippen MR) is 256 cm³/mol. The zero-order valence-electron chi connectivity index (χ0n) is 40.8. The van der Waals surface area contributed by atoms with Crippen LogP contribution in [0, 0.1) is 0 Å². The van der Waals surface area contributed by atoms with Gasteiger partial charge in [0.2, 0.25) is 5.91 Å². The highest BCUT2D eigenvalue weighted by atomic mass is 16.7. The number of anilines is 1. The van der Waals surface area contributed by atoms with E-state index < -0.39 is 17.8 Å². The van der Waals surface area contributed by atoms with E-state index in [-0.39, 0.29) is 87.8 Å². The Morgan fingerprint density at radius 2 is 0.972 bits per heavy atom. The first kappa shape index (κ1) is 58.6. The molecule has 2 aromatic carbocycles. The summed E-state index contributed by atoms with van der Waals surface area (Å²) in [5, 5.41) is 6.62. The second-order valence-electron chi connectivity index (χ2n) is 15.9. The number of nitrogens with one attached hydrogen (secondary N) is 2. The molecule has 0 spiro atoms. The largest absolute Gasteiger partial charge is 0.494 e. The maximum Gasteiger partial charge on any atom is 0.335 e. The molecule has 72 heavy (non-hydrogen) atoms. The molecule has 0 bridgehead atoms. The molecule has 0 saturated carbocycles. The molecule has 1 fully saturated rings. The first-order valence-corrected chi connectivity index (χ1v) is 24.2. The number of ketones is 2. The van der Waals surface area contributed by atoms with Gasteiger partial charge in [0.15, 0.2) is 5.78 Å². The van der Waals surface area contributed by atoms with Crippen molar-refractivity contribution < 1.29 is 85.8 Å². The Hall–Kier alpha value is -5.98. The van der Waals surface area contributed by atoms with E-state index in [0.29, 0.717) is 147 Å². The second kappa shape index (κ2) is 36.0. The summed E-state index contributed by atoms with van der Waals surface area (Å²) in [5.41, 5.74) is 1.93. The van der Waals surface area contributed by atoms with Crippen molar-refractivity contribution in [2.24, 2.45) is 0 Å². The maximum atomic E-state index is 13.1. The highest BCUT2D eigenvalue weighted by molar-refractivity contribution is 6.13. The third-order valence-corrected chi connectivity index (χ3v) is 10.4. The van der Waals surface area contributed by atoms with Crippen molar-refractivity contribution in [3.63, 3.8) is 0 Å². The molecule has 22 nitrogen and oxygen atoms in total. The third kappa shape index (κ3) is 24.9. The molecule has 2 N–H and O–H groups in total. The van der Waals surface area contributed by atoms with Crippen LogP contribution in [-0.4, -0.2) is 189 Å². The van der Waals surface area contributed by atoms with Crippen LogP contribution in [0.4, 0.5) is 5.69 Å². The Morgan fingerprint density at radius 3 is 1.53 bits per heavy atom. The second-order valence-corrected chi connectivity index (χ2v) is 15.9. The summed E-state index contributed by atoms with van der Waals surface area (Å²) >= 11 is 0. The van der Waals surface area contributed by atoms with Crippen LogP contribution in [0.2, 0.25) is 0 Å². The first-order valence-electron chi connectivity index (χ1n) is 24.2. The van der Waals surface area contributed by atoms with Gasteiger partial charge in [-0.1, -0.05) is 0 Å². The SMILES string of the molecule is O=C(CCCOCCOCCOCCOCCC(=O)NCCCOc1ccc(C(=O)c2ccc(NCCOCCOCCOCCOCCC(=O)ON3C(=O)CCC3=O)cc2)cc1)CCN1C(=O)C=CC1=O. The molecule has 0 aromatic heterocycles. The standard InChI is InChI=1S/C50H68N4O18/c55-42(16-21-53-45(57)12-13-46(53)58)3-1-22-63-27-31-67-35-36-68-32-28-64-24-17-44(56)52-19-2-23-71-43-10-6-40(7-11-43)50(62)39-4-8-41(9-5-39)51-20-26-66-30-34-70-38-37-69-33-29-65-25-18-49(61)72-54-47(59)14-15-48(54)60/h4-13,51H,1-3,14-38H2,(H,52,56). The zero-order valence-corrected chi connectivity index (χ0v) is 40.8. The smallest absolute Gasteiger partial charge is 0.335 e. The normalized spacial score (nSPS) is 13.3. The lowest BCUT2D eigenvalue weighted by molar-refractivity contribution is -0.198. The molecule has 2 aromatic rings. The molecular weight excluding hydrogens is 945 g/mol. The molecule has 0 unspecified atom stereocenters. The maximum absolute atomic E-state index is 13.1. The Bertz CT molecular complexity index is 1980. The van der Waals surface area contributed by atoms with Gasteiger partial charge >= 0.3 is 5.97 Å². The Balaban J connectivity index is 0.866. The summed E-state index contributed by atoms with van der Waals surface area (Å²) in [6.07, 6.45) is 4.23. The van der Waals surface area contributed by atoms with Crippen LogP contribution < -0.4 is 15.4 Å². The van der Waals surface area contributed by atoms with Crippen molar-refractivity contribution in [1.29, 1.82) is 0 Å². The van der Waals surface area contributed by atoms with E-state index in [1.54, 1.807) is 36.4 Å². The average Bonchev–Trinajstić information content (AvgIpc) is 3.88. The van der Waals surface area contributed by atoms with Gasteiger partial charge in [-0.15, -0.1) is 5.06 Å². The van der Waals surface area contributed by atoms with Crippen LogP contribution in [0.1, 0.15) is 67.3 Å². The fourth-order valence-corrected chi connectivity index (χ4v) is 6.49. The number of hydrogen-bond donors (Lipinski definition) is 2. The summed E-state index contributed by atoms with van der Waals surface area (Å²) in [6.45, 7) is 7.12. The van der Waals surface area contributed by atoms with Gasteiger partial charge in [0, 0.05) is 87.3 Å². The number of ether oxygens (including phenoxy) is 9. The molecule has 0 atom stereocenters. The predicted octanol–water partition coefficient (Wildman–Crippen LogP) is 2.40. The molecule has 0 radical (unpaired) electrons. The zero-order chi connectivity index (χ0) is 51.4. The third-order valence-electron chi connectivity index (χ3n) is 10.4. The monoisotopic (exact) mass is 1010 g/mol. The lowest BCUT2D eigenvalue weighted by Gasteiger charge is -2.12. The number of nitrogens with zero attached hydrogens (tertiary/aromatic N) is 2. The van der Waals surface area contributed by atoms with E-state index in [4.69, 9.17) is 47.5 Å². The topological polar surface area (TPSA) is 259 Å². The molecule has 396 valence electrons. The van der Waals surface area contributed by atoms with E-state index in [2.05, 4.69) is 10.6 Å². The van der Waals surface area contributed by atoms with E-state index in [1.165, 1.54) is 12.2 Å². The van der Waals surface area contributed by atoms with Crippen LogP contribution in [0.15, 0.2) is 60.7 Å². The minimum Gasteiger partial charge on any atom is -0.494 e. The van der Waals surface area contributed by atoms with Crippen molar-refractivity contribution in [2.45, 2.75) is 51.4 Å².